The molecule has 1 amide bonds. The number of nitrogens with two attached hydrogens (primary N) is 1. The van der Waals surface area contributed by atoms with Gasteiger partial charge in [0.2, 0.25) is 5.91 Å². The van der Waals surface area contributed by atoms with Gasteiger partial charge in [-0.2, -0.15) is 0 Å². The maximum atomic E-state index is 11.1. The van der Waals surface area contributed by atoms with Crippen LogP contribution >= 0.6 is 0 Å². The van der Waals surface area contributed by atoms with Gasteiger partial charge < -0.3 is 15.8 Å². The number of ether oxygens (including phenoxy) is 1. The van der Waals surface area contributed by atoms with Crippen molar-refractivity contribution in [2.45, 2.75) is 6.42 Å². The number of carbonyl (C=O) groups excluding carboxylic acids is 1. The van der Waals surface area contributed by atoms with Crippen molar-refractivity contribution >= 4 is 17.4 Å². The molecule has 3 rings (SSSR count). The SMILES string of the molecule is COc1ccccc1Nc1cncc(-c2cccc(CC(N)=O)c2)n1. The summed E-state index contributed by atoms with van der Waals surface area (Å²) >= 11 is 0. The molecule has 0 aliphatic heterocycles. The Hall–Kier alpha value is -3.41. The Labute approximate surface area is 145 Å². The number of carbonyl (C=O) groups is 1. The van der Waals surface area contributed by atoms with E-state index in [0.29, 0.717) is 11.5 Å². The molecular formula is C19H18N4O2. The molecule has 3 aromatic rings. The van der Waals surface area contributed by atoms with Crippen LogP contribution in [0.1, 0.15) is 5.56 Å². The van der Waals surface area contributed by atoms with Crippen LogP contribution in [0.2, 0.25) is 0 Å². The predicted octanol–water partition coefficient (Wildman–Crippen LogP) is 2.92. The van der Waals surface area contributed by atoms with Gasteiger partial charge in [0.1, 0.15) is 11.6 Å². The number of hydrogen-bond donors (Lipinski definition) is 2. The van der Waals surface area contributed by atoms with Crippen LogP contribution in [0.5, 0.6) is 5.75 Å². The van der Waals surface area contributed by atoms with E-state index in [4.69, 9.17) is 10.5 Å². The molecule has 1 heterocycles. The van der Waals surface area contributed by atoms with Gasteiger partial charge in [0, 0.05) is 5.56 Å². The summed E-state index contributed by atoms with van der Waals surface area (Å²) < 4.78 is 5.33. The summed E-state index contributed by atoms with van der Waals surface area (Å²) in [6.07, 6.45) is 3.51. The summed E-state index contributed by atoms with van der Waals surface area (Å²) in [5, 5.41) is 3.21. The van der Waals surface area contributed by atoms with Crippen molar-refractivity contribution in [3.8, 4) is 17.0 Å². The maximum absolute atomic E-state index is 11.1. The molecule has 0 aliphatic rings. The van der Waals surface area contributed by atoms with E-state index >= 15 is 0 Å². The van der Waals surface area contributed by atoms with Gasteiger partial charge in [0.05, 0.1) is 37.3 Å². The molecule has 0 saturated carbocycles. The van der Waals surface area contributed by atoms with Gasteiger partial charge in [-0.25, -0.2) is 4.98 Å². The van der Waals surface area contributed by atoms with E-state index < -0.39 is 0 Å². The molecule has 0 fully saturated rings. The van der Waals surface area contributed by atoms with Crippen molar-refractivity contribution < 1.29 is 9.53 Å². The minimum Gasteiger partial charge on any atom is -0.495 e. The standard InChI is InChI=1S/C19H18N4O2/c1-25-17-8-3-2-7-15(17)22-19-12-21-11-16(23-19)14-6-4-5-13(9-14)10-18(20)24/h2-9,11-12H,10H2,1H3,(H2,20,24)(H,22,23). The lowest BCUT2D eigenvalue weighted by molar-refractivity contribution is -0.117. The first-order valence-corrected chi connectivity index (χ1v) is 7.75. The zero-order chi connectivity index (χ0) is 17.6. The molecule has 0 radical (unpaired) electrons. The highest BCUT2D eigenvalue weighted by molar-refractivity contribution is 5.77. The largest absolute Gasteiger partial charge is 0.495 e. The van der Waals surface area contributed by atoms with Gasteiger partial charge >= 0.3 is 0 Å². The molecule has 6 heteroatoms. The molecule has 2 aromatic carbocycles. The summed E-state index contributed by atoms with van der Waals surface area (Å²) in [5.41, 5.74) is 8.48. The summed E-state index contributed by atoms with van der Waals surface area (Å²) in [6.45, 7) is 0. The number of aromatic nitrogens is 2. The molecule has 0 atom stereocenters. The van der Waals surface area contributed by atoms with Crippen molar-refractivity contribution in [1.29, 1.82) is 0 Å². The molecular weight excluding hydrogens is 316 g/mol. The molecule has 0 saturated heterocycles. The Kier molecular flexibility index (Phi) is 4.89. The third-order valence-corrected chi connectivity index (χ3v) is 3.61. The Balaban J connectivity index is 1.88. The Morgan fingerprint density at radius 2 is 2.00 bits per heavy atom. The topological polar surface area (TPSA) is 90.1 Å². The van der Waals surface area contributed by atoms with Gasteiger partial charge in [-0.05, 0) is 23.8 Å². The molecule has 0 unspecified atom stereocenters. The lowest BCUT2D eigenvalue weighted by atomic mass is 10.1. The van der Waals surface area contributed by atoms with Gasteiger partial charge in [0.15, 0.2) is 0 Å². The molecule has 25 heavy (non-hydrogen) atoms. The number of nitrogens with zero attached hydrogens (tertiary/aromatic N) is 2. The highest BCUT2D eigenvalue weighted by Gasteiger charge is 2.07. The number of para-hydroxylation sites is 2. The third-order valence-electron chi connectivity index (χ3n) is 3.61. The Bertz CT molecular complexity index is 896. The van der Waals surface area contributed by atoms with Crippen LogP contribution in [-0.2, 0) is 11.2 Å². The smallest absolute Gasteiger partial charge is 0.221 e. The number of rotatable bonds is 6. The quantitative estimate of drug-likeness (QED) is 0.723. The Morgan fingerprint density at radius 1 is 1.16 bits per heavy atom. The second-order valence-corrected chi connectivity index (χ2v) is 5.46. The van der Waals surface area contributed by atoms with E-state index in [0.717, 1.165) is 22.6 Å². The zero-order valence-electron chi connectivity index (χ0n) is 13.8. The number of methoxy groups -OCH3 is 1. The van der Waals surface area contributed by atoms with Crippen molar-refractivity contribution in [2.75, 3.05) is 12.4 Å². The van der Waals surface area contributed by atoms with Crippen LogP contribution in [-0.4, -0.2) is 23.0 Å². The summed E-state index contributed by atoms with van der Waals surface area (Å²) in [6, 6.07) is 15.1. The summed E-state index contributed by atoms with van der Waals surface area (Å²) in [4.78, 5) is 19.9. The molecule has 1 aromatic heterocycles. The fourth-order valence-electron chi connectivity index (χ4n) is 2.49. The van der Waals surface area contributed by atoms with Crippen molar-refractivity contribution in [2.24, 2.45) is 5.73 Å². The number of hydrogen-bond acceptors (Lipinski definition) is 5. The number of benzene rings is 2. The van der Waals surface area contributed by atoms with E-state index in [1.165, 1.54) is 0 Å². The third kappa shape index (κ3) is 4.11. The highest BCUT2D eigenvalue weighted by Crippen LogP contribution is 2.27. The van der Waals surface area contributed by atoms with Crippen molar-refractivity contribution in [3.63, 3.8) is 0 Å². The average molecular weight is 334 g/mol. The molecule has 0 aliphatic carbocycles. The van der Waals surface area contributed by atoms with E-state index in [1.807, 2.05) is 48.5 Å². The first-order valence-electron chi connectivity index (χ1n) is 7.75. The molecule has 0 spiro atoms. The lowest BCUT2D eigenvalue weighted by Gasteiger charge is -2.11. The average Bonchev–Trinajstić information content (AvgIpc) is 2.62. The Morgan fingerprint density at radius 3 is 2.80 bits per heavy atom. The number of nitrogens with one attached hydrogen (secondary N) is 1. The van der Waals surface area contributed by atoms with Crippen LogP contribution in [0.25, 0.3) is 11.3 Å². The van der Waals surface area contributed by atoms with Crippen LogP contribution in [0, 0.1) is 0 Å². The van der Waals surface area contributed by atoms with E-state index in [9.17, 15) is 4.79 Å². The van der Waals surface area contributed by atoms with Crippen LogP contribution in [0.15, 0.2) is 60.9 Å². The fraction of sp³-hybridized carbons (Fsp3) is 0.105. The zero-order valence-corrected chi connectivity index (χ0v) is 13.8. The van der Waals surface area contributed by atoms with E-state index in [1.54, 1.807) is 19.5 Å². The molecule has 6 nitrogen and oxygen atoms in total. The van der Waals surface area contributed by atoms with Crippen LogP contribution in [0.3, 0.4) is 0 Å². The maximum Gasteiger partial charge on any atom is 0.221 e. The van der Waals surface area contributed by atoms with Crippen molar-refractivity contribution in [3.05, 3.63) is 66.5 Å². The number of anilines is 2. The van der Waals surface area contributed by atoms with Crippen molar-refractivity contribution in [1.82, 2.24) is 9.97 Å². The molecule has 0 bridgehead atoms. The lowest BCUT2D eigenvalue weighted by Crippen LogP contribution is -2.13. The van der Waals surface area contributed by atoms with Gasteiger partial charge in [-0.15, -0.1) is 0 Å². The second-order valence-electron chi connectivity index (χ2n) is 5.46. The predicted molar refractivity (Wildman–Crippen MR) is 96.6 cm³/mol. The first-order chi connectivity index (χ1) is 12.2. The summed E-state index contributed by atoms with van der Waals surface area (Å²) in [5.74, 6) is 0.954. The minimum absolute atomic E-state index is 0.195. The molecule has 126 valence electrons. The van der Waals surface area contributed by atoms with Crippen LogP contribution < -0.4 is 15.8 Å². The van der Waals surface area contributed by atoms with Gasteiger partial charge in [-0.3, -0.25) is 9.78 Å². The molecule has 3 N–H and O–H groups in total. The van der Waals surface area contributed by atoms with E-state index in [-0.39, 0.29) is 12.3 Å². The normalized spacial score (nSPS) is 10.3. The van der Waals surface area contributed by atoms with Gasteiger partial charge in [0.25, 0.3) is 0 Å². The monoisotopic (exact) mass is 334 g/mol. The second kappa shape index (κ2) is 7.44. The number of primary amides is 1. The minimum atomic E-state index is -0.366. The number of amides is 1. The van der Waals surface area contributed by atoms with E-state index in [2.05, 4.69) is 15.3 Å². The summed E-state index contributed by atoms with van der Waals surface area (Å²) in [7, 11) is 1.62. The van der Waals surface area contributed by atoms with Gasteiger partial charge in [-0.1, -0.05) is 30.3 Å². The highest BCUT2D eigenvalue weighted by atomic mass is 16.5. The fourth-order valence-corrected chi connectivity index (χ4v) is 2.49. The van der Waals surface area contributed by atoms with Crippen LogP contribution in [0.4, 0.5) is 11.5 Å². The first kappa shape index (κ1) is 16.4.